The average Bonchev–Trinajstić information content (AvgIpc) is 2.25. The number of nitrogens with zero attached hydrogens (tertiary/aromatic N) is 1. The van der Waals surface area contributed by atoms with Crippen molar-refractivity contribution in [2.24, 2.45) is 0 Å². The Morgan fingerprint density at radius 2 is 2.00 bits per heavy atom. The number of benzene rings is 1. The second-order valence-electron chi connectivity index (χ2n) is 2.80. The molecule has 0 heterocycles. The molecule has 3 heteroatoms. The Bertz CT molecular complexity index is 285. The lowest BCUT2D eigenvalue weighted by atomic mass is 9.81. The molecule has 0 saturated heterocycles. The van der Waals surface area contributed by atoms with Crippen LogP contribution in [0.2, 0.25) is 0 Å². The molecule has 0 saturated carbocycles. The van der Waals surface area contributed by atoms with Crippen LogP contribution in [0.5, 0.6) is 0 Å². The summed E-state index contributed by atoms with van der Waals surface area (Å²) in [5.41, 5.74) is 1.15. The van der Waals surface area contributed by atoms with Crippen molar-refractivity contribution in [2.45, 2.75) is 0 Å². The second-order valence-corrected chi connectivity index (χ2v) is 2.80. The van der Waals surface area contributed by atoms with Gasteiger partial charge in [0.15, 0.2) is 0 Å². The van der Waals surface area contributed by atoms with Gasteiger partial charge in [0.25, 0.3) is 7.41 Å². The first-order valence-corrected chi connectivity index (χ1v) is 4.49. The van der Waals surface area contributed by atoms with Crippen molar-refractivity contribution in [1.82, 2.24) is 10.1 Å². The molecule has 0 amide bonds. The standard InChI is InChI=1S/C11H14BN2/c1-3-13-10-14(4-2)12-11-8-6-5-7-9-11/h3-9,13H,1-2,10H2. The van der Waals surface area contributed by atoms with Gasteiger partial charge in [-0.2, -0.15) is 0 Å². The summed E-state index contributed by atoms with van der Waals surface area (Å²) >= 11 is 0. The summed E-state index contributed by atoms with van der Waals surface area (Å²) in [7, 11) is 2.02. The smallest absolute Gasteiger partial charge is 0.286 e. The van der Waals surface area contributed by atoms with Gasteiger partial charge in [0.1, 0.15) is 0 Å². The van der Waals surface area contributed by atoms with Crippen LogP contribution in [0.4, 0.5) is 0 Å². The summed E-state index contributed by atoms with van der Waals surface area (Å²) in [6.07, 6.45) is 3.43. The van der Waals surface area contributed by atoms with Crippen LogP contribution in [0.25, 0.3) is 0 Å². The Labute approximate surface area is 86.2 Å². The highest BCUT2D eigenvalue weighted by molar-refractivity contribution is 6.50. The highest BCUT2D eigenvalue weighted by Gasteiger charge is 2.01. The predicted molar refractivity (Wildman–Crippen MR) is 62.1 cm³/mol. The molecule has 2 nitrogen and oxygen atoms in total. The molecule has 0 spiro atoms. The Balaban J connectivity index is 2.48. The Morgan fingerprint density at radius 1 is 1.29 bits per heavy atom. The Kier molecular flexibility index (Phi) is 4.41. The quantitative estimate of drug-likeness (QED) is 0.526. The van der Waals surface area contributed by atoms with Gasteiger partial charge < -0.3 is 10.1 Å². The van der Waals surface area contributed by atoms with Crippen LogP contribution in [0.3, 0.4) is 0 Å². The van der Waals surface area contributed by atoms with E-state index >= 15 is 0 Å². The molecule has 1 N–H and O–H groups in total. The van der Waals surface area contributed by atoms with E-state index in [0.29, 0.717) is 6.67 Å². The van der Waals surface area contributed by atoms with E-state index in [0.717, 1.165) is 5.46 Å². The molecule has 0 aliphatic carbocycles. The first-order chi connectivity index (χ1) is 6.86. The maximum Gasteiger partial charge on any atom is 0.286 e. The number of hydrogen-bond acceptors (Lipinski definition) is 2. The van der Waals surface area contributed by atoms with E-state index in [9.17, 15) is 0 Å². The van der Waals surface area contributed by atoms with Crippen molar-refractivity contribution in [3.63, 3.8) is 0 Å². The molecule has 0 atom stereocenters. The minimum Gasteiger partial charge on any atom is -0.404 e. The minimum absolute atomic E-state index is 0.682. The molecule has 0 aliphatic heterocycles. The van der Waals surface area contributed by atoms with Gasteiger partial charge in [0.05, 0.1) is 6.67 Å². The third kappa shape index (κ3) is 3.39. The zero-order chi connectivity index (χ0) is 10.2. The summed E-state index contributed by atoms with van der Waals surface area (Å²) in [5, 5.41) is 3.01. The lowest BCUT2D eigenvalue weighted by molar-refractivity contribution is 0.559. The maximum atomic E-state index is 3.73. The number of rotatable bonds is 6. The molecule has 0 fully saturated rings. The van der Waals surface area contributed by atoms with E-state index in [-0.39, 0.29) is 0 Å². The van der Waals surface area contributed by atoms with Crippen LogP contribution in [-0.4, -0.2) is 18.9 Å². The molecule has 1 radical (unpaired) electrons. The summed E-state index contributed by atoms with van der Waals surface area (Å²) in [5.74, 6) is 0. The van der Waals surface area contributed by atoms with Crippen LogP contribution in [0.1, 0.15) is 0 Å². The third-order valence-corrected chi connectivity index (χ3v) is 1.77. The van der Waals surface area contributed by atoms with Crippen LogP contribution in [0.15, 0.2) is 55.9 Å². The van der Waals surface area contributed by atoms with Gasteiger partial charge >= 0.3 is 0 Å². The van der Waals surface area contributed by atoms with Gasteiger partial charge in [0.2, 0.25) is 0 Å². The van der Waals surface area contributed by atoms with E-state index in [4.69, 9.17) is 0 Å². The fourth-order valence-electron chi connectivity index (χ4n) is 1.06. The maximum absolute atomic E-state index is 3.73. The van der Waals surface area contributed by atoms with Gasteiger partial charge in [-0.15, -0.1) is 0 Å². The number of nitrogens with one attached hydrogen (secondary N) is 1. The fraction of sp³-hybridized carbons (Fsp3) is 0.0909. The van der Waals surface area contributed by atoms with Crippen LogP contribution < -0.4 is 10.8 Å². The predicted octanol–water partition coefficient (Wildman–Crippen LogP) is 1.07. The molecule has 1 aromatic carbocycles. The van der Waals surface area contributed by atoms with Crippen molar-refractivity contribution in [2.75, 3.05) is 6.67 Å². The topological polar surface area (TPSA) is 15.3 Å². The number of hydrogen-bond donors (Lipinski definition) is 1. The Hall–Kier alpha value is -1.64. The molecule has 0 aromatic heterocycles. The van der Waals surface area contributed by atoms with Crippen molar-refractivity contribution >= 4 is 12.9 Å². The molecule has 71 valence electrons. The molecule has 0 bridgehead atoms. The minimum atomic E-state index is 0.682. The van der Waals surface area contributed by atoms with E-state index in [2.05, 4.69) is 18.5 Å². The SMILES string of the molecule is C=CNCN([B]c1ccccc1)C=C. The van der Waals surface area contributed by atoms with Crippen molar-refractivity contribution in [3.05, 3.63) is 55.9 Å². The van der Waals surface area contributed by atoms with Crippen LogP contribution in [-0.2, 0) is 0 Å². The van der Waals surface area contributed by atoms with Crippen LogP contribution >= 0.6 is 0 Å². The second kappa shape index (κ2) is 5.92. The van der Waals surface area contributed by atoms with E-state index < -0.39 is 0 Å². The lowest BCUT2D eigenvalue weighted by Gasteiger charge is -2.18. The normalized spacial score (nSPS) is 8.86. The molecule has 0 unspecified atom stereocenters. The highest BCUT2D eigenvalue weighted by Crippen LogP contribution is 1.86. The van der Waals surface area contributed by atoms with Crippen molar-refractivity contribution < 1.29 is 0 Å². The third-order valence-electron chi connectivity index (χ3n) is 1.77. The average molecular weight is 185 g/mol. The van der Waals surface area contributed by atoms with E-state index in [1.54, 1.807) is 12.4 Å². The van der Waals surface area contributed by atoms with Gasteiger partial charge in [-0.3, -0.25) is 0 Å². The van der Waals surface area contributed by atoms with Crippen molar-refractivity contribution in [3.8, 4) is 0 Å². The first-order valence-electron chi connectivity index (χ1n) is 4.49. The molecule has 1 rings (SSSR count). The molecular weight excluding hydrogens is 171 g/mol. The Morgan fingerprint density at radius 3 is 2.57 bits per heavy atom. The lowest BCUT2D eigenvalue weighted by Crippen LogP contribution is -2.36. The first kappa shape index (κ1) is 10.4. The monoisotopic (exact) mass is 185 g/mol. The molecule has 14 heavy (non-hydrogen) atoms. The van der Waals surface area contributed by atoms with E-state index in [1.165, 1.54) is 0 Å². The van der Waals surface area contributed by atoms with E-state index in [1.807, 2.05) is 42.6 Å². The summed E-state index contributed by atoms with van der Waals surface area (Å²) < 4.78 is 0. The largest absolute Gasteiger partial charge is 0.404 e. The summed E-state index contributed by atoms with van der Waals surface area (Å²) in [6.45, 7) is 8.00. The zero-order valence-electron chi connectivity index (χ0n) is 8.19. The highest BCUT2D eigenvalue weighted by atomic mass is 15.1. The summed E-state index contributed by atoms with van der Waals surface area (Å²) in [4.78, 5) is 1.96. The van der Waals surface area contributed by atoms with Crippen LogP contribution in [0, 0.1) is 0 Å². The summed E-state index contributed by atoms with van der Waals surface area (Å²) in [6, 6.07) is 10.1. The van der Waals surface area contributed by atoms with Crippen molar-refractivity contribution in [1.29, 1.82) is 0 Å². The zero-order valence-corrected chi connectivity index (χ0v) is 8.19. The molecular formula is C11H14BN2. The van der Waals surface area contributed by atoms with Gasteiger partial charge in [-0.25, -0.2) is 0 Å². The molecule has 0 aliphatic rings. The van der Waals surface area contributed by atoms with Gasteiger partial charge in [-0.05, 0) is 12.4 Å². The van der Waals surface area contributed by atoms with Gasteiger partial charge in [0, 0.05) is 0 Å². The molecule has 1 aromatic rings. The van der Waals surface area contributed by atoms with Gasteiger partial charge in [-0.1, -0.05) is 49.0 Å². The fourth-order valence-corrected chi connectivity index (χ4v) is 1.06.